The fourth-order valence-electron chi connectivity index (χ4n) is 2.02. The van der Waals surface area contributed by atoms with Crippen molar-refractivity contribution in [1.82, 2.24) is 0 Å². The maximum atomic E-state index is 12.2. The molecule has 0 bridgehead atoms. The lowest BCUT2D eigenvalue weighted by Crippen LogP contribution is -2.11. The maximum Gasteiger partial charge on any atom is 0.175 e. The van der Waals surface area contributed by atoms with Crippen LogP contribution in [0.4, 0.5) is 0 Å². The average Bonchev–Trinajstić information content (AvgIpc) is 2.49. The topological polar surface area (TPSA) is 34.1 Å². The summed E-state index contributed by atoms with van der Waals surface area (Å²) in [6.07, 6.45) is 2.10. The molecule has 0 amide bonds. The van der Waals surface area contributed by atoms with E-state index in [0.29, 0.717) is 10.5 Å². The number of Topliss-reactive ketones (excluding diaryl/α,β-unsaturated/α-hetero) is 1. The Labute approximate surface area is 136 Å². The first-order valence-corrected chi connectivity index (χ1v) is 8.97. The van der Waals surface area contributed by atoms with E-state index >= 15 is 0 Å². The monoisotopic (exact) mass is 364 g/mol. The van der Waals surface area contributed by atoms with Gasteiger partial charge in [0.1, 0.15) is 0 Å². The van der Waals surface area contributed by atoms with Gasteiger partial charge in [-0.15, -0.1) is 0 Å². The Kier molecular flexibility index (Phi) is 5.88. The largest absolute Gasteiger partial charge is 0.293 e. The van der Waals surface area contributed by atoms with Gasteiger partial charge in [-0.1, -0.05) is 53.5 Å². The molecule has 21 heavy (non-hydrogen) atoms. The van der Waals surface area contributed by atoms with Crippen LogP contribution in [0.2, 0.25) is 0 Å². The van der Waals surface area contributed by atoms with Crippen molar-refractivity contribution in [3.8, 4) is 0 Å². The van der Waals surface area contributed by atoms with Crippen LogP contribution in [-0.2, 0) is 17.2 Å². The third kappa shape index (κ3) is 4.61. The second-order valence-corrected chi connectivity index (χ2v) is 7.18. The van der Waals surface area contributed by atoms with E-state index in [4.69, 9.17) is 0 Å². The molecular weight excluding hydrogens is 348 g/mol. The molecule has 0 fully saturated rings. The van der Waals surface area contributed by atoms with Crippen molar-refractivity contribution < 1.29 is 9.00 Å². The van der Waals surface area contributed by atoms with Gasteiger partial charge in [-0.25, -0.2) is 0 Å². The number of halogens is 1. The summed E-state index contributed by atoms with van der Waals surface area (Å²) in [6, 6.07) is 14.8. The Morgan fingerprint density at radius 3 is 2.24 bits per heavy atom. The van der Waals surface area contributed by atoms with Gasteiger partial charge >= 0.3 is 0 Å². The summed E-state index contributed by atoms with van der Waals surface area (Å²) < 4.78 is 13.1. The van der Waals surface area contributed by atoms with Crippen LogP contribution < -0.4 is 0 Å². The standard InChI is InChI=1S/C17H17BrO2S/c1-2-3-13-4-6-14(7-5-13)17(19)12-21(20)16-10-8-15(18)9-11-16/h4-11H,2-3,12H2,1H3. The van der Waals surface area contributed by atoms with E-state index in [-0.39, 0.29) is 11.5 Å². The van der Waals surface area contributed by atoms with Crippen LogP contribution in [0.5, 0.6) is 0 Å². The van der Waals surface area contributed by atoms with E-state index in [0.717, 1.165) is 17.3 Å². The molecule has 0 radical (unpaired) electrons. The van der Waals surface area contributed by atoms with E-state index < -0.39 is 10.8 Å². The zero-order valence-corrected chi connectivity index (χ0v) is 14.2. The highest BCUT2D eigenvalue weighted by molar-refractivity contribution is 9.10. The van der Waals surface area contributed by atoms with Crippen LogP contribution >= 0.6 is 15.9 Å². The summed E-state index contributed by atoms with van der Waals surface area (Å²) >= 11 is 3.34. The van der Waals surface area contributed by atoms with E-state index in [2.05, 4.69) is 22.9 Å². The summed E-state index contributed by atoms with van der Waals surface area (Å²) in [5.74, 6) is -0.0614. The zero-order valence-electron chi connectivity index (χ0n) is 11.8. The number of ketones is 1. The van der Waals surface area contributed by atoms with Crippen molar-refractivity contribution in [3.63, 3.8) is 0 Å². The molecule has 0 aliphatic rings. The second kappa shape index (κ2) is 7.66. The predicted molar refractivity (Wildman–Crippen MR) is 90.2 cm³/mol. The first-order chi connectivity index (χ1) is 10.1. The molecule has 0 aliphatic heterocycles. The molecule has 4 heteroatoms. The summed E-state index contributed by atoms with van der Waals surface area (Å²) in [4.78, 5) is 12.8. The SMILES string of the molecule is CCCc1ccc(C(=O)CS(=O)c2ccc(Br)cc2)cc1. The highest BCUT2D eigenvalue weighted by Gasteiger charge is 2.12. The minimum atomic E-state index is -1.30. The molecule has 0 heterocycles. The van der Waals surface area contributed by atoms with Crippen LogP contribution in [-0.4, -0.2) is 15.7 Å². The molecule has 2 rings (SSSR count). The predicted octanol–water partition coefficient (Wildman–Crippen LogP) is 4.39. The molecule has 2 nitrogen and oxygen atoms in total. The highest BCUT2D eigenvalue weighted by Crippen LogP contribution is 2.15. The van der Waals surface area contributed by atoms with Crippen molar-refractivity contribution in [3.05, 3.63) is 64.1 Å². The minimum absolute atomic E-state index is 0.0226. The quantitative estimate of drug-likeness (QED) is 0.712. The van der Waals surface area contributed by atoms with Gasteiger partial charge in [-0.3, -0.25) is 9.00 Å². The summed E-state index contributed by atoms with van der Waals surface area (Å²) in [6.45, 7) is 2.13. The summed E-state index contributed by atoms with van der Waals surface area (Å²) in [5.41, 5.74) is 1.85. The van der Waals surface area contributed by atoms with Crippen LogP contribution in [0.1, 0.15) is 29.3 Å². The van der Waals surface area contributed by atoms with Crippen LogP contribution in [0.3, 0.4) is 0 Å². The Bertz CT molecular complexity index is 633. The highest BCUT2D eigenvalue weighted by atomic mass is 79.9. The van der Waals surface area contributed by atoms with Crippen LogP contribution in [0, 0.1) is 0 Å². The fraction of sp³-hybridized carbons (Fsp3) is 0.235. The molecule has 0 spiro atoms. The third-order valence-corrected chi connectivity index (χ3v) is 5.00. The lowest BCUT2D eigenvalue weighted by Gasteiger charge is -2.04. The average molecular weight is 365 g/mol. The number of benzene rings is 2. The van der Waals surface area contributed by atoms with Crippen LogP contribution in [0.25, 0.3) is 0 Å². The lowest BCUT2D eigenvalue weighted by atomic mass is 10.1. The first-order valence-electron chi connectivity index (χ1n) is 6.86. The molecule has 1 atom stereocenters. The van der Waals surface area contributed by atoms with Gasteiger partial charge in [0.25, 0.3) is 0 Å². The molecule has 0 N–H and O–H groups in total. The van der Waals surface area contributed by atoms with Gasteiger partial charge in [0.15, 0.2) is 5.78 Å². The molecule has 1 unspecified atom stereocenters. The summed E-state index contributed by atoms with van der Waals surface area (Å²) in [7, 11) is -1.30. The number of hydrogen-bond donors (Lipinski definition) is 0. The van der Waals surface area contributed by atoms with Crippen molar-refractivity contribution in [2.45, 2.75) is 24.7 Å². The molecule has 2 aromatic rings. The zero-order chi connectivity index (χ0) is 15.2. The Morgan fingerprint density at radius 2 is 1.67 bits per heavy atom. The molecule has 2 aromatic carbocycles. The summed E-state index contributed by atoms with van der Waals surface area (Å²) in [5, 5.41) is 0. The lowest BCUT2D eigenvalue weighted by molar-refractivity contribution is 0.102. The molecule has 0 aromatic heterocycles. The van der Waals surface area contributed by atoms with Crippen molar-refractivity contribution in [2.24, 2.45) is 0 Å². The molecular formula is C17H17BrO2S. The van der Waals surface area contributed by atoms with E-state index in [1.54, 1.807) is 12.1 Å². The second-order valence-electron chi connectivity index (χ2n) is 4.81. The number of aryl methyl sites for hydroxylation is 1. The van der Waals surface area contributed by atoms with Crippen molar-refractivity contribution in [1.29, 1.82) is 0 Å². The normalized spacial score (nSPS) is 12.1. The molecule has 0 saturated heterocycles. The fourth-order valence-corrected chi connectivity index (χ4v) is 3.29. The Balaban J connectivity index is 2.03. The van der Waals surface area contributed by atoms with Gasteiger partial charge < -0.3 is 0 Å². The number of rotatable bonds is 6. The Morgan fingerprint density at radius 1 is 1.05 bits per heavy atom. The van der Waals surface area contributed by atoms with Crippen molar-refractivity contribution in [2.75, 3.05) is 5.75 Å². The Hall–Kier alpha value is -1.26. The molecule has 0 saturated carbocycles. The number of hydrogen-bond acceptors (Lipinski definition) is 2. The van der Waals surface area contributed by atoms with Gasteiger partial charge in [0.05, 0.1) is 16.6 Å². The van der Waals surface area contributed by atoms with E-state index in [1.807, 2.05) is 36.4 Å². The smallest absolute Gasteiger partial charge is 0.175 e. The van der Waals surface area contributed by atoms with Crippen LogP contribution in [0.15, 0.2) is 57.9 Å². The third-order valence-electron chi connectivity index (χ3n) is 3.15. The number of carbonyl (C=O) groups excluding carboxylic acids is 1. The van der Waals surface area contributed by atoms with Gasteiger partial charge in [-0.05, 0) is 36.2 Å². The van der Waals surface area contributed by atoms with Gasteiger partial charge in [0, 0.05) is 14.9 Å². The van der Waals surface area contributed by atoms with E-state index in [1.165, 1.54) is 5.56 Å². The van der Waals surface area contributed by atoms with Crippen molar-refractivity contribution >= 4 is 32.5 Å². The number of carbonyl (C=O) groups is 1. The van der Waals surface area contributed by atoms with Gasteiger partial charge in [-0.2, -0.15) is 0 Å². The minimum Gasteiger partial charge on any atom is -0.293 e. The maximum absolute atomic E-state index is 12.2. The van der Waals surface area contributed by atoms with E-state index in [9.17, 15) is 9.00 Å². The molecule has 0 aliphatic carbocycles. The first kappa shape index (κ1) is 16.1. The van der Waals surface area contributed by atoms with Gasteiger partial charge in [0.2, 0.25) is 0 Å². The molecule has 110 valence electrons.